The number of fused-ring (bicyclic) bond motifs is 1. The summed E-state index contributed by atoms with van der Waals surface area (Å²) in [6, 6.07) is 5.86. The number of thiazole rings is 1. The van der Waals surface area contributed by atoms with Gasteiger partial charge in [0.2, 0.25) is 9.84 Å². The highest BCUT2D eigenvalue weighted by Crippen LogP contribution is 2.31. The minimum atomic E-state index is -4.11. The minimum Gasteiger partial charge on any atom is -0.290 e. The Morgan fingerprint density at radius 3 is 2.76 bits per heavy atom. The zero-order valence-corrected chi connectivity index (χ0v) is 16.3. The lowest BCUT2D eigenvalue weighted by molar-refractivity contribution is 0.603. The molecular weight excluding hydrogens is 401 g/mol. The van der Waals surface area contributed by atoms with Crippen LogP contribution >= 0.6 is 34.5 Å². The van der Waals surface area contributed by atoms with Crippen LogP contribution < -0.4 is 0 Å². The summed E-state index contributed by atoms with van der Waals surface area (Å²) in [4.78, 5) is 5.53. The maximum absolute atomic E-state index is 12.9. The van der Waals surface area contributed by atoms with Crippen LogP contribution in [0.15, 0.2) is 34.2 Å². The van der Waals surface area contributed by atoms with Crippen molar-refractivity contribution in [2.24, 2.45) is 0 Å². The van der Waals surface area contributed by atoms with Crippen LogP contribution in [0.1, 0.15) is 16.3 Å². The zero-order valence-electron chi connectivity index (χ0n) is 13.1. The van der Waals surface area contributed by atoms with E-state index in [2.05, 4.69) is 4.98 Å². The molecule has 0 N–H and O–H groups in total. The molecule has 9 heteroatoms. The third-order valence-corrected chi connectivity index (χ3v) is 6.79. The van der Waals surface area contributed by atoms with Crippen LogP contribution in [0.4, 0.5) is 0 Å². The van der Waals surface area contributed by atoms with Crippen LogP contribution in [-0.4, -0.2) is 17.8 Å². The van der Waals surface area contributed by atoms with Gasteiger partial charge in [0.25, 0.3) is 0 Å². The van der Waals surface area contributed by atoms with E-state index in [1.807, 2.05) is 13.1 Å². The molecule has 2 heterocycles. The Hall–Kier alpha value is -1.85. The molecule has 0 fully saturated rings. The number of nitriles is 1. The lowest BCUT2D eigenvalue weighted by Gasteiger charge is -2.06. The predicted molar refractivity (Wildman–Crippen MR) is 99.8 cm³/mol. The van der Waals surface area contributed by atoms with Crippen LogP contribution in [0.2, 0.25) is 10.0 Å². The maximum Gasteiger partial charge on any atom is 0.218 e. The van der Waals surface area contributed by atoms with E-state index in [-0.39, 0.29) is 14.9 Å². The van der Waals surface area contributed by atoms with E-state index in [0.29, 0.717) is 11.4 Å². The molecule has 0 unspecified atom stereocenters. The third-order valence-electron chi connectivity index (χ3n) is 3.51. The van der Waals surface area contributed by atoms with Crippen molar-refractivity contribution in [1.82, 2.24) is 9.38 Å². The Balaban J connectivity index is 2.22. The zero-order chi connectivity index (χ0) is 18.4. The first-order valence-corrected chi connectivity index (χ1v) is 10.1. The van der Waals surface area contributed by atoms with Crippen LogP contribution in [0.3, 0.4) is 0 Å². The van der Waals surface area contributed by atoms with Gasteiger partial charge in [-0.25, -0.2) is 13.4 Å². The number of hydrogen-bond acceptors (Lipinski definition) is 5. The van der Waals surface area contributed by atoms with Gasteiger partial charge in [-0.2, -0.15) is 5.26 Å². The number of allylic oxidation sites excluding steroid dienone is 1. The largest absolute Gasteiger partial charge is 0.290 e. The second-order valence-electron chi connectivity index (χ2n) is 5.28. The molecule has 0 spiro atoms. The van der Waals surface area contributed by atoms with E-state index in [4.69, 9.17) is 23.2 Å². The highest BCUT2D eigenvalue weighted by atomic mass is 35.5. The monoisotopic (exact) mass is 411 g/mol. The van der Waals surface area contributed by atoms with Crippen LogP contribution in [0.25, 0.3) is 11.0 Å². The van der Waals surface area contributed by atoms with Gasteiger partial charge >= 0.3 is 0 Å². The summed E-state index contributed by atoms with van der Waals surface area (Å²) in [5, 5.41) is 9.68. The van der Waals surface area contributed by atoms with Gasteiger partial charge in [0.1, 0.15) is 6.07 Å². The van der Waals surface area contributed by atoms with Crippen molar-refractivity contribution in [2.45, 2.75) is 18.7 Å². The van der Waals surface area contributed by atoms with E-state index in [9.17, 15) is 13.7 Å². The second-order valence-corrected chi connectivity index (χ2v) is 9.22. The summed E-state index contributed by atoms with van der Waals surface area (Å²) < 4.78 is 27.5. The molecule has 3 aromatic rings. The Kier molecular flexibility index (Phi) is 4.64. The summed E-state index contributed by atoms with van der Waals surface area (Å²) in [7, 11) is -4.11. The van der Waals surface area contributed by atoms with Crippen LogP contribution in [0.5, 0.6) is 0 Å². The first-order chi connectivity index (χ1) is 11.7. The number of aromatic nitrogens is 2. The number of aryl methyl sites for hydroxylation is 2. The van der Waals surface area contributed by atoms with Crippen molar-refractivity contribution < 1.29 is 8.42 Å². The molecule has 1 aromatic carbocycles. The molecule has 0 bridgehead atoms. The molecule has 0 saturated heterocycles. The summed E-state index contributed by atoms with van der Waals surface area (Å²) in [6.07, 6.45) is 3.16. The van der Waals surface area contributed by atoms with E-state index in [1.54, 1.807) is 17.4 Å². The molecule has 25 heavy (non-hydrogen) atoms. The van der Waals surface area contributed by atoms with Gasteiger partial charge in [0.05, 0.1) is 21.3 Å². The van der Waals surface area contributed by atoms with E-state index < -0.39 is 14.7 Å². The standard InChI is InChI=1S/C16H11Cl2N3O2S2/c1-9-8-21-14(10(2)20-16(21)24-9)6-12(7-19)25(22,23)15-5-11(17)3-4-13(15)18/h3-6,8H,1-2H3/b12-6+. The highest BCUT2D eigenvalue weighted by Gasteiger charge is 2.25. The van der Waals surface area contributed by atoms with E-state index in [1.165, 1.54) is 35.6 Å². The Labute approximate surface area is 158 Å². The molecule has 0 saturated carbocycles. The van der Waals surface area contributed by atoms with E-state index >= 15 is 0 Å². The van der Waals surface area contributed by atoms with Crippen molar-refractivity contribution in [3.05, 3.63) is 55.6 Å². The predicted octanol–water partition coefficient (Wildman–Crippen LogP) is 4.66. The summed E-state index contributed by atoms with van der Waals surface area (Å²) in [5.41, 5.74) is 1.17. The molecule has 128 valence electrons. The quantitative estimate of drug-likeness (QED) is 0.587. The minimum absolute atomic E-state index is 0.00656. The number of benzene rings is 1. The van der Waals surface area contributed by atoms with E-state index in [0.717, 1.165) is 9.84 Å². The fourth-order valence-electron chi connectivity index (χ4n) is 2.35. The number of nitrogens with zero attached hydrogens (tertiary/aromatic N) is 3. The average molecular weight is 412 g/mol. The van der Waals surface area contributed by atoms with Crippen molar-refractivity contribution in [3.8, 4) is 6.07 Å². The summed E-state index contributed by atoms with van der Waals surface area (Å²) in [6.45, 7) is 3.69. The first kappa shape index (κ1) is 18.0. The van der Waals surface area contributed by atoms with Gasteiger partial charge in [0, 0.05) is 16.1 Å². The van der Waals surface area contributed by atoms with Crippen molar-refractivity contribution >= 4 is 55.4 Å². The number of hydrogen-bond donors (Lipinski definition) is 0. The summed E-state index contributed by atoms with van der Waals surface area (Å²) >= 11 is 13.4. The lowest BCUT2D eigenvalue weighted by Crippen LogP contribution is -2.05. The molecule has 0 amide bonds. The Bertz CT molecular complexity index is 1170. The maximum atomic E-state index is 12.9. The molecule has 0 aliphatic rings. The van der Waals surface area contributed by atoms with Gasteiger partial charge in [0.15, 0.2) is 9.87 Å². The number of sulfone groups is 1. The van der Waals surface area contributed by atoms with Crippen LogP contribution in [0, 0.1) is 25.2 Å². The number of rotatable bonds is 3. The van der Waals surface area contributed by atoms with Crippen molar-refractivity contribution in [2.75, 3.05) is 0 Å². The third kappa shape index (κ3) is 3.18. The molecule has 0 aliphatic carbocycles. The fourth-order valence-corrected chi connectivity index (χ4v) is 5.12. The molecule has 2 aromatic heterocycles. The van der Waals surface area contributed by atoms with Gasteiger partial charge < -0.3 is 0 Å². The Morgan fingerprint density at radius 1 is 1.36 bits per heavy atom. The molecule has 5 nitrogen and oxygen atoms in total. The summed E-state index contributed by atoms with van der Waals surface area (Å²) in [5.74, 6) is 0. The average Bonchev–Trinajstić information content (AvgIpc) is 3.02. The van der Waals surface area contributed by atoms with Crippen molar-refractivity contribution in [3.63, 3.8) is 0 Å². The number of imidazole rings is 1. The molecule has 0 atom stereocenters. The Morgan fingerprint density at radius 2 is 2.08 bits per heavy atom. The highest BCUT2D eigenvalue weighted by molar-refractivity contribution is 7.95. The van der Waals surface area contributed by atoms with Crippen LogP contribution in [-0.2, 0) is 9.84 Å². The van der Waals surface area contributed by atoms with Crippen molar-refractivity contribution in [1.29, 1.82) is 5.26 Å². The molecule has 3 rings (SSSR count). The molecule has 0 radical (unpaired) electrons. The smallest absolute Gasteiger partial charge is 0.218 e. The van der Waals surface area contributed by atoms with Gasteiger partial charge in [-0.15, -0.1) is 11.3 Å². The topological polar surface area (TPSA) is 75.2 Å². The van der Waals surface area contributed by atoms with Gasteiger partial charge in [-0.3, -0.25) is 4.40 Å². The van der Waals surface area contributed by atoms with Gasteiger partial charge in [-0.1, -0.05) is 23.2 Å². The molecular formula is C16H11Cl2N3O2S2. The normalized spacial score (nSPS) is 12.5. The fraction of sp³-hybridized carbons (Fsp3) is 0.125. The SMILES string of the molecule is Cc1cn2c(/C=C(\C#N)S(=O)(=O)c3cc(Cl)ccc3Cl)c(C)nc2s1. The number of halogens is 2. The van der Waals surface area contributed by atoms with Gasteiger partial charge in [-0.05, 0) is 38.1 Å². The second kappa shape index (κ2) is 6.46. The first-order valence-electron chi connectivity index (χ1n) is 7.01. The lowest BCUT2D eigenvalue weighted by atomic mass is 10.3. The molecule has 0 aliphatic heterocycles.